The zero-order valence-corrected chi connectivity index (χ0v) is 17.6. The number of hydrogen-bond acceptors (Lipinski definition) is 6. The lowest BCUT2D eigenvalue weighted by molar-refractivity contribution is -0.136. The number of methoxy groups -OCH3 is 2. The Morgan fingerprint density at radius 3 is 2.87 bits per heavy atom. The van der Waals surface area contributed by atoms with Gasteiger partial charge in [-0.05, 0) is 37.5 Å². The van der Waals surface area contributed by atoms with Gasteiger partial charge in [0.25, 0.3) is 0 Å². The van der Waals surface area contributed by atoms with Crippen LogP contribution < -0.4 is 9.64 Å². The van der Waals surface area contributed by atoms with E-state index in [0.717, 1.165) is 35.4 Å². The number of carbonyl (C=O) groups is 2. The molecule has 4 rings (SSSR count). The molecule has 1 saturated heterocycles. The molecule has 1 unspecified atom stereocenters. The fourth-order valence-corrected chi connectivity index (χ4v) is 4.20. The Labute approximate surface area is 175 Å². The summed E-state index contributed by atoms with van der Waals surface area (Å²) in [5.74, 6) is 1.93. The van der Waals surface area contributed by atoms with Crippen molar-refractivity contribution in [3.8, 4) is 5.75 Å². The van der Waals surface area contributed by atoms with Crippen LogP contribution in [0.5, 0.6) is 5.75 Å². The number of aryl methyl sites for hydroxylation is 1. The highest BCUT2D eigenvalue weighted by molar-refractivity contribution is 6.00. The number of rotatable bonds is 6. The fourth-order valence-electron chi connectivity index (χ4n) is 4.20. The van der Waals surface area contributed by atoms with Crippen molar-refractivity contribution in [2.24, 2.45) is 0 Å². The number of likely N-dealkylation sites (tertiary alicyclic amines) is 1. The minimum atomic E-state index is -0.189. The third-order valence-corrected chi connectivity index (χ3v) is 5.71. The van der Waals surface area contributed by atoms with E-state index in [1.54, 1.807) is 16.9 Å². The number of ether oxygens (including phenoxy) is 2. The zero-order chi connectivity index (χ0) is 21.3. The molecule has 0 radical (unpaired) electrons. The van der Waals surface area contributed by atoms with Crippen LogP contribution in [0.15, 0.2) is 24.3 Å². The summed E-state index contributed by atoms with van der Waals surface area (Å²) < 4.78 is 10.3. The normalized spacial score (nSPS) is 18.1. The summed E-state index contributed by atoms with van der Waals surface area (Å²) in [4.78, 5) is 38.2. The molecule has 1 aromatic heterocycles. The second kappa shape index (κ2) is 8.39. The standard InChI is InChI=1S/C22H26N4O4/c1-14-17-11-19(27)26(12-15-6-4-7-16(10-15)30-3)22(17)24-21(23-14)18-8-5-9-25(18)20(28)13-29-2/h4,6-7,10,18H,5,8-9,11-13H2,1-3H3. The molecule has 2 amide bonds. The van der Waals surface area contributed by atoms with Gasteiger partial charge in [-0.25, -0.2) is 9.97 Å². The number of hydrogen-bond donors (Lipinski definition) is 0. The minimum absolute atomic E-state index is 0.00103. The predicted octanol–water partition coefficient (Wildman–Crippen LogP) is 2.19. The lowest BCUT2D eigenvalue weighted by Gasteiger charge is -2.25. The van der Waals surface area contributed by atoms with Gasteiger partial charge < -0.3 is 14.4 Å². The maximum Gasteiger partial charge on any atom is 0.249 e. The topological polar surface area (TPSA) is 84.9 Å². The molecule has 2 aliphatic rings. The Balaban J connectivity index is 1.65. The molecule has 8 nitrogen and oxygen atoms in total. The summed E-state index contributed by atoms with van der Waals surface area (Å²) in [6, 6.07) is 7.47. The Hall–Kier alpha value is -3.00. The average Bonchev–Trinajstić information content (AvgIpc) is 3.34. The first-order valence-electron chi connectivity index (χ1n) is 10.1. The SMILES string of the molecule is COCC(=O)N1CCCC1c1nc(C)c2c(n1)N(Cc1cccc(OC)c1)C(=O)C2. The van der Waals surface area contributed by atoms with Gasteiger partial charge in [0.15, 0.2) is 5.82 Å². The molecule has 8 heteroatoms. The summed E-state index contributed by atoms with van der Waals surface area (Å²) >= 11 is 0. The van der Waals surface area contributed by atoms with E-state index in [1.165, 1.54) is 7.11 Å². The van der Waals surface area contributed by atoms with Crippen LogP contribution in [0.1, 0.15) is 41.5 Å². The molecule has 1 fully saturated rings. The third-order valence-electron chi connectivity index (χ3n) is 5.71. The first-order valence-corrected chi connectivity index (χ1v) is 10.1. The van der Waals surface area contributed by atoms with Crippen LogP contribution in [0.2, 0.25) is 0 Å². The van der Waals surface area contributed by atoms with E-state index < -0.39 is 0 Å². The first kappa shape index (κ1) is 20.3. The number of anilines is 1. The number of amides is 2. The molecule has 2 aliphatic heterocycles. The van der Waals surface area contributed by atoms with E-state index in [2.05, 4.69) is 4.98 Å². The van der Waals surface area contributed by atoms with Gasteiger partial charge >= 0.3 is 0 Å². The molecular formula is C22H26N4O4. The van der Waals surface area contributed by atoms with Crippen LogP contribution in [0.3, 0.4) is 0 Å². The molecule has 2 aromatic rings. The van der Waals surface area contributed by atoms with Crippen molar-refractivity contribution in [2.45, 2.75) is 38.8 Å². The van der Waals surface area contributed by atoms with E-state index in [1.807, 2.05) is 31.2 Å². The number of nitrogens with zero attached hydrogens (tertiary/aromatic N) is 4. The maximum absolute atomic E-state index is 12.8. The Morgan fingerprint density at radius 1 is 1.27 bits per heavy atom. The fraction of sp³-hybridized carbons (Fsp3) is 0.455. The number of carbonyl (C=O) groups excluding carboxylic acids is 2. The maximum atomic E-state index is 12.8. The molecule has 0 N–H and O–H groups in total. The third kappa shape index (κ3) is 3.75. The van der Waals surface area contributed by atoms with Crippen LogP contribution >= 0.6 is 0 Å². The average molecular weight is 410 g/mol. The smallest absolute Gasteiger partial charge is 0.249 e. The minimum Gasteiger partial charge on any atom is -0.497 e. The molecule has 0 spiro atoms. The van der Waals surface area contributed by atoms with Gasteiger partial charge in [0, 0.05) is 24.9 Å². The van der Waals surface area contributed by atoms with Crippen molar-refractivity contribution in [2.75, 3.05) is 32.3 Å². The highest BCUT2D eigenvalue weighted by Gasteiger charge is 2.36. The number of aromatic nitrogens is 2. The van der Waals surface area contributed by atoms with Crippen LogP contribution in [0.4, 0.5) is 5.82 Å². The van der Waals surface area contributed by atoms with Gasteiger partial charge in [-0.2, -0.15) is 0 Å². The molecule has 1 aromatic carbocycles. The quantitative estimate of drug-likeness (QED) is 0.726. The predicted molar refractivity (Wildman–Crippen MR) is 110 cm³/mol. The van der Waals surface area contributed by atoms with Gasteiger partial charge in [0.2, 0.25) is 11.8 Å². The van der Waals surface area contributed by atoms with Gasteiger partial charge in [-0.1, -0.05) is 12.1 Å². The Morgan fingerprint density at radius 2 is 2.10 bits per heavy atom. The highest BCUT2D eigenvalue weighted by atomic mass is 16.5. The monoisotopic (exact) mass is 410 g/mol. The molecule has 30 heavy (non-hydrogen) atoms. The van der Waals surface area contributed by atoms with Gasteiger partial charge in [0.1, 0.15) is 18.2 Å². The number of fused-ring (bicyclic) bond motifs is 1. The van der Waals surface area contributed by atoms with E-state index in [9.17, 15) is 9.59 Å². The molecule has 3 heterocycles. The van der Waals surface area contributed by atoms with Crippen molar-refractivity contribution >= 4 is 17.6 Å². The second-order valence-corrected chi connectivity index (χ2v) is 7.66. The van der Waals surface area contributed by atoms with E-state index >= 15 is 0 Å². The molecule has 1 atom stereocenters. The summed E-state index contributed by atoms with van der Waals surface area (Å²) in [6.45, 7) is 3.03. The second-order valence-electron chi connectivity index (χ2n) is 7.66. The van der Waals surface area contributed by atoms with Crippen molar-refractivity contribution in [1.29, 1.82) is 0 Å². The van der Waals surface area contributed by atoms with Gasteiger partial charge in [0.05, 0.1) is 26.1 Å². The first-order chi connectivity index (χ1) is 14.5. The van der Waals surface area contributed by atoms with Crippen LogP contribution in [-0.4, -0.2) is 54.1 Å². The van der Waals surface area contributed by atoms with Crippen LogP contribution in [0.25, 0.3) is 0 Å². The van der Waals surface area contributed by atoms with Crippen molar-refractivity contribution in [3.05, 3.63) is 46.9 Å². The summed E-state index contributed by atoms with van der Waals surface area (Å²) in [6.07, 6.45) is 1.99. The Bertz CT molecular complexity index is 978. The van der Waals surface area contributed by atoms with Crippen molar-refractivity contribution in [1.82, 2.24) is 14.9 Å². The van der Waals surface area contributed by atoms with E-state index in [0.29, 0.717) is 31.2 Å². The summed E-state index contributed by atoms with van der Waals surface area (Å²) in [5.41, 5.74) is 2.62. The van der Waals surface area contributed by atoms with Gasteiger partial charge in [-0.3, -0.25) is 14.5 Å². The van der Waals surface area contributed by atoms with Crippen molar-refractivity contribution < 1.29 is 19.1 Å². The summed E-state index contributed by atoms with van der Waals surface area (Å²) in [5, 5.41) is 0. The van der Waals surface area contributed by atoms with Gasteiger partial charge in [-0.15, -0.1) is 0 Å². The van der Waals surface area contributed by atoms with E-state index in [4.69, 9.17) is 14.5 Å². The van der Waals surface area contributed by atoms with Crippen molar-refractivity contribution in [3.63, 3.8) is 0 Å². The van der Waals surface area contributed by atoms with Crippen LogP contribution in [-0.2, 0) is 27.3 Å². The lowest BCUT2D eigenvalue weighted by Crippen LogP contribution is -2.34. The molecule has 0 aliphatic carbocycles. The molecule has 158 valence electrons. The Kier molecular flexibility index (Phi) is 5.67. The van der Waals surface area contributed by atoms with E-state index in [-0.39, 0.29) is 24.5 Å². The number of benzene rings is 1. The molecule has 0 bridgehead atoms. The zero-order valence-electron chi connectivity index (χ0n) is 17.6. The lowest BCUT2D eigenvalue weighted by atomic mass is 10.1. The van der Waals surface area contributed by atoms with Crippen LogP contribution in [0, 0.1) is 6.92 Å². The molecular weight excluding hydrogens is 384 g/mol. The largest absolute Gasteiger partial charge is 0.497 e. The molecule has 0 saturated carbocycles. The highest BCUT2D eigenvalue weighted by Crippen LogP contribution is 2.35. The summed E-state index contributed by atoms with van der Waals surface area (Å²) in [7, 11) is 3.14.